The van der Waals surface area contributed by atoms with Crippen molar-refractivity contribution in [2.24, 2.45) is 0 Å². The predicted octanol–water partition coefficient (Wildman–Crippen LogP) is 3.00. The van der Waals surface area contributed by atoms with Gasteiger partial charge >= 0.3 is 5.69 Å². The number of hydrogen-bond acceptors (Lipinski definition) is 9. The molecular weight excluding hydrogens is 448 g/mol. The molecule has 0 spiro atoms. The van der Waals surface area contributed by atoms with Crippen LogP contribution in [-0.2, 0) is 6.54 Å². The molecule has 0 aliphatic carbocycles. The second-order valence-electron chi connectivity index (χ2n) is 8.28. The van der Waals surface area contributed by atoms with E-state index < -0.39 is 4.92 Å². The minimum absolute atomic E-state index is 0.0802. The van der Waals surface area contributed by atoms with Crippen LogP contribution in [-0.4, -0.2) is 62.0 Å². The average Bonchev–Trinajstić information content (AvgIpc) is 3.22. The number of nitro groups is 1. The highest BCUT2D eigenvalue weighted by Crippen LogP contribution is 2.34. The molecule has 11 nitrogen and oxygen atoms in total. The molecule has 2 N–H and O–H groups in total. The molecule has 1 saturated heterocycles. The van der Waals surface area contributed by atoms with Gasteiger partial charge in [-0.05, 0) is 37.3 Å². The second-order valence-corrected chi connectivity index (χ2v) is 8.28. The number of aromatic nitrogens is 4. The van der Waals surface area contributed by atoms with E-state index in [0.717, 1.165) is 43.5 Å². The van der Waals surface area contributed by atoms with Gasteiger partial charge < -0.3 is 19.8 Å². The number of ether oxygens (including phenoxy) is 1. The lowest BCUT2D eigenvalue weighted by Crippen LogP contribution is -2.46. The van der Waals surface area contributed by atoms with Gasteiger partial charge in [0.15, 0.2) is 5.75 Å². The molecule has 1 aliphatic rings. The molecule has 4 aromatic rings. The Morgan fingerprint density at radius 3 is 2.60 bits per heavy atom. The second kappa shape index (κ2) is 9.55. The van der Waals surface area contributed by atoms with E-state index >= 15 is 0 Å². The average molecular weight is 475 g/mol. The molecule has 0 unspecified atom stereocenters. The fourth-order valence-corrected chi connectivity index (χ4v) is 4.35. The summed E-state index contributed by atoms with van der Waals surface area (Å²) in [6.45, 7) is 5.99. The van der Waals surface area contributed by atoms with Crippen LogP contribution in [0.2, 0.25) is 0 Å². The maximum atomic E-state index is 11.7. The molecule has 5 rings (SSSR count). The van der Waals surface area contributed by atoms with Crippen LogP contribution in [0.3, 0.4) is 0 Å². The standard InChI is InChI=1S/C24H26N8O3/c1-2-35-21-6-4-17(14-19(21)32(33)34)23-20(31-15-18(25)5-7-22(31)28-23)16-29-10-12-30(13-11-29)24-26-8-3-9-27-24/h3-9,14-15H,2,10-13,16,25H2,1H3. The third-order valence-electron chi connectivity index (χ3n) is 6.05. The Bertz CT molecular complexity index is 1350. The van der Waals surface area contributed by atoms with Crippen molar-refractivity contribution in [2.45, 2.75) is 13.5 Å². The predicted molar refractivity (Wildman–Crippen MR) is 132 cm³/mol. The minimum Gasteiger partial charge on any atom is -0.487 e. The lowest BCUT2D eigenvalue weighted by molar-refractivity contribution is -0.385. The number of nitrogens with two attached hydrogens (primary N) is 1. The Morgan fingerprint density at radius 2 is 1.89 bits per heavy atom. The van der Waals surface area contributed by atoms with E-state index in [0.29, 0.717) is 30.1 Å². The third kappa shape index (κ3) is 4.58. The number of pyridine rings is 1. The van der Waals surface area contributed by atoms with Gasteiger partial charge in [0.1, 0.15) is 5.65 Å². The lowest BCUT2D eigenvalue weighted by atomic mass is 10.1. The molecule has 0 saturated carbocycles. The first kappa shape index (κ1) is 22.5. The Balaban J connectivity index is 1.47. The molecule has 4 heterocycles. The summed E-state index contributed by atoms with van der Waals surface area (Å²) in [6.07, 6.45) is 5.35. The number of nitrogens with zero attached hydrogens (tertiary/aromatic N) is 7. The topological polar surface area (TPSA) is 128 Å². The van der Waals surface area contributed by atoms with Crippen molar-refractivity contribution in [3.05, 3.63) is 70.8 Å². The molecule has 35 heavy (non-hydrogen) atoms. The first-order valence-corrected chi connectivity index (χ1v) is 11.5. The molecular formula is C24H26N8O3. The number of benzene rings is 1. The van der Waals surface area contributed by atoms with Crippen molar-refractivity contribution >= 4 is 23.0 Å². The van der Waals surface area contributed by atoms with Gasteiger partial charge in [-0.2, -0.15) is 0 Å². The molecule has 1 aromatic carbocycles. The highest BCUT2D eigenvalue weighted by atomic mass is 16.6. The molecule has 1 fully saturated rings. The normalized spacial score (nSPS) is 14.4. The van der Waals surface area contributed by atoms with Crippen LogP contribution in [0.25, 0.3) is 16.9 Å². The molecule has 0 radical (unpaired) electrons. The summed E-state index contributed by atoms with van der Waals surface area (Å²) in [7, 11) is 0. The van der Waals surface area contributed by atoms with E-state index in [1.54, 1.807) is 31.5 Å². The van der Waals surface area contributed by atoms with Crippen LogP contribution < -0.4 is 15.4 Å². The van der Waals surface area contributed by atoms with Gasteiger partial charge in [-0.1, -0.05) is 0 Å². The first-order chi connectivity index (χ1) is 17.0. The monoisotopic (exact) mass is 474 g/mol. The van der Waals surface area contributed by atoms with Crippen molar-refractivity contribution in [1.82, 2.24) is 24.3 Å². The summed E-state index contributed by atoms with van der Waals surface area (Å²) in [5.74, 6) is 0.979. The summed E-state index contributed by atoms with van der Waals surface area (Å²) >= 11 is 0. The summed E-state index contributed by atoms with van der Waals surface area (Å²) in [4.78, 5) is 29.3. The fraction of sp³-hybridized carbons (Fsp3) is 0.292. The Morgan fingerprint density at radius 1 is 1.11 bits per heavy atom. The molecule has 180 valence electrons. The first-order valence-electron chi connectivity index (χ1n) is 11.5. The molecule has 11 heteroatoms. The Labute approximate surface area is 201 Å². The van der Waals surface area contributed by atoms with Crippen LogP contribution in [0, 0.1) is 10.1 Å². The van der Waals surface area contributed by atoms with Crippen molar-refractivity contribution in [3.63, 3.8) is 0 Å². The van der Waals surface area contributed by atoms with E-state index in [1.165, 1.54) is 6.07 Å². The number of hydrogen-bond donors (Lipinski definition) is 1. The quantitative estimate of drug-likeness (QED) is 0.317. The smallest absolute Gasteiger partial charge is 0.311 e. The Kier molecular flexibility index (Phi) is 6.15. The van der Waals surface area contributed by atoms with Crippen LogP contribution in [0.4, 0.5) is 17.3 Å². The van der Waals surface area contributed by atoms with Crippen LogP contribution in [0.5, 0.6) is 5.75 Å². The van der Waals surface area contributed by atoms with E-state index in [9.17, 15) is 10.1 Å². The van der Waals surface area contributed by atoms with Crippen molar-refractivity contribution in [3.8, 4) is 17.0 Å². The van der Waals surface area contributed by atoms with Crippen molar-refractivity contribution in [2.75, 3.05) is 43.4 Å². The zero-order chi connectivity index (χ0) is 24.4. The highest BCUT2D eigenvalue weighted by molar-refractivity contribution is 5.71. The number of fused-ring (bicyclic) bond motifs is 1. The van der Waals surface area contributed by atoms with Gasteiger partial charge in [0.25, 0.3) is 0 Å². The summed E-state index contributed by atoms with van der Waals surface area (Å²) in [5.41, 5.74) is 9.63. The molecule has 0 bridgehead atoms. The summed E-state index contributed by atoms with van der Waals surface area (Å²) < 4.78 is 7.43. The third-order valence-corrected chi connectivity index (χ3v) is 6.05. The molecule has 0 amide bonds. The minimum atomic E-state index is -0.424. The van der Waals surface area contributed by atoms with Crippen LogP contribution >= 0.6 is 0 Å². The number of piperazine rings is 1. The number of rotatable bonds is 7. The number of nitrogen functional groups attached to an aromatic ring is 1. The van der Waals surface area contributed by atoms with Gasteiger partial charge in [0.2, 0.25) is 5.95 Å². The van der Waals surface area contributed by atoms with Gasteiger partial charge in [0, 0.05) is 68.6 Å². The maximum Gasteiger partial charge on any atom is 0.311 e. The number of anilines is 2. The zero-order valence-electron chi connectivity index (χ0n) is 19.4. The van der Waals surface area contributed by atoms with E-state index in [1.807, 2.05) is 28.8 Å². The largest absolute Gasteiger partial charge is 0.487 e. The zero-order valence-corrected chi connectivity index (χ0v) is 19.4. The number of nitro benzene ring substituents is 1. The van der Waals surface area contributed by atoms with E-state index in [-0.39, 0.29) is 11.4 Å². The maximum absolute atomic E-state index is 11.7. The van der Waals surface area contributed by atoms with Gasteiger partial charge in [-0.3, -0.25) is 15.0 Å². The summed E-state index contributed by atoms with van der Waals surface area (Å²) in [6, 6.07) is 10.5. The van der Waals surface area contributed by atoms with Gasteiger partial charge in [-0.25, -0.2) is 15.0 Å². The molecule has 3 aromatic heterocycles. The summed E-state index contributed by atoms with van der Waals surface area (Å²) in [5, 5.41) is 11.7. The highest BCUT2D eigenvalue weighted by Gasteiger charge is 2.24. The fourth-order valence-electron chi connectivity index (χ4n) is 4.35. The molecule has 0 atom stereocenters. The number of imidazole rings is 1. The van der Waals surface area contributed by atoms with E-state index in [2.05, 4.69) is 19.8 Å². The van der Waals surface area contributed by atoms with Crippen molar-refractivity contribution in [1.29, 1.82) is 0 Å². The van der Waals surface area contributed by atoms with Gasteiger partial charge in [-0.15, -0.1) is 0 Å². The van der Waals surface area contributed by atoms with E-state index in [4.69, 9.17) is 15.5 Å². The Hall–Kier alpha value is -4.25. The van der Waals surface area contributed by atoms with Crippen molar-refractivity contribution < 1.29 is 9.66 Å². The lowest BCUT2D eigenvalue weighted by Gasteiger charge is -2.34. The van der Waals surface area contributed by atoms with Gasteiger partial charge in [0.05, 0.1) is 22.9 Å². The molecule has 1 aliphatic heterocycles. The SMILES string of the molecule is CCOc1ccc(-c2nc3ccc(N)cn3c2CN2CCN(c3ncccn3)CC2)cc1[N+](=O)[O-]. The van der Waals surface area contributed by atoms with Crippen LogP contribution in [0.1, 0.15) is 12.6 Å². The van der Waals surface area contributed by atoms with Crippen LogP contribution in [0.15, 0.2) is 55.0 Å².